The summed E-state index contributed by atoms with van der Waals surface area (Å²) in [6.07, 6.45) is -3.45. The predicted molar refractivity (Wildman–Crippen MR) is 104 cm³/mol. The fourth-order valence-corrected chi connectivity index (χ4v) is 3.51. The third-order valence-corrected chi connectivity index (χ3v) is 4.46. The van der Waals surface area contributed by atoms with Crippen molar-refractivity contribution in [2.45, 2.75) is 6.18 Å². The van der Waals surface area contributed by atoms with Crippen LogP contribution < -0.4 is 10.2 Å². The summed E-state index contributed by atoms with van der Waals surface area (Å²) in [5, 5.41) is 23.5. The predicted octanol–water partition coefficient (Wildman–Crippen LogP) is 5.05. The summed E-state index contributed by atoms with van der Waals surface area (Å²) in [7, 11) is 0. The van der Waals surface area contributed by atoms with E-state index in [0.29, 0.717) is 26.6 Å². The van der Waals surface area contributed by atoms with Crippen molar-refractivity contribution in [1.82, 2.24) is 0 Å². The number of hydrazone groups is 1. The normalized spacial score (nSPS) is 11.5. The maximum Gasteiger partial charge on any atom is 0.416 e. The molecule has 0 unspecified atom stereocenters. The Morgan fingerprint density at radius 1 is 1.28 bits per heavy atom. The minimum Gasteiger partial charge on any atom is -0.480 e. The van der Waals surface area contributed by atoms with Gasteiger partial charge < -0.3 is 9.84 Å². The molecule has 0 heterocycles. The van der Waals surface area contributed by atoms with E-state index >= 15 is 0 Å². The molecule has 0 amide bonds. The molecule has 154 valence electrons. The van der Waals surface area contributed by atoms with Crippen molar-refractivity contribution in [3.05, 3.63) is 60.5 Å². The molecule has 0 aliphatic carbocycles. The van der Waals surface area contributed by atoms with Crippen molar-refractivity contribution in [2.75, 3.05) is 12.0 Å². The number of nitro benzene ring substituents is 1. The molecule has 0 bridgehead atoms. The number of nitro groups is 1. The maximum absolute atomic E-state index is 12.7. The van der Waals surface area contributed by atoms with E-state index < -0.39 is 34.9 Å². The first-order chi connectivity index (χ1) is 13.5. The zero-order chi connectivity index (χ0) is 21.8. The summed E-state index contributed by atoms with van der Waals surface area (Å²) in [4.78, 5) is 20.7. The highest BCUT2D eigenvalue weighted by atomic mass is 79.9. The molecular formula is C16H10Br2F3N3O5. The monoisotopic (exact) mass is 539 g/mol. The van der Waals surface area contributed by atoms with Gasteiger partial charge in [0.25, 0.3) is 5.69 Å². The molecule has 0 saturated heterocycles. The van der Waals surface area contributed by atoms with Crippen molar-refractivity contribution in [1.29, 1.82) is 0 Å². The summed E-state index contributed by atoms with van der Waals surface area (Å²) < 4.78 is 44.1. The van der Waals surface area contributed by atoms with Crippen LogP contribution in [0, 0.1) is 10.1 Å². The number of rotatable bonds is 7. The number of aliphatic carboxylic acids is 1. The number of nitrogens with one attached hydrogen (secondary N) is 1. The summed E-state index contributed by atoms with van der Waals surface area (Å²) in [6.45, 7) is -0.552. The van der Waals surface area contributed by atoms with E-state index in [0.717, 1.165) is 6.07 Å². The smallest absolute Gasteiger partial charge is 0.416 e. The molecule has 2 aromatic carbocycles. The number of ether oxygens (including phenoxy) is 1. The molecule has 8 nitrogen and oxygen atoms in total. The van der Waals surface area contributed by atoms with Crippen molar-refractivity contribution in [3.63, 3.8) is 0 Å². The van der Waals surface area contributed by atoms with Crippen molar-refractivity contribution < 1.29 is 32.7 Å². The molecule has 13 heteroatoms. The zero-order valence-corrected chi connectivity index (χ0v) is 17.2. The number of hydrogen-bond donors (Lipinski definition) is 2. The Labute approximate surface area is 177 Å². The summed E-state index contributed by atoms with van der Waals surface area (Å²) in [5.41, 5.74) is 0.663. The van der Waals surface area contributed by atoms with Gasteiger partial charge in [0.2, 0.25) is 0 Å². The Bertz CT molecular complexity index is 960. The van der Waals surface area contributed by atoms with Gasteiger partial charge in [-0.3, -0.25) is 15.5 Å². The summed E-state index contributed by atoms with van der Waals surface area (Å²) in [5.74, 6) is -0.910. The molecule has 0 saturated carbocycles. The van der Waals surface area contributed by atoms with Crippen molar-refractivity contribution in [3.8, 4) is 5.75 Å². The van der Waals surface area contributed by atoms with Crippen molar-refractivity contribution in [2.24, 2.45) is 5.10 Å². The van der Waals surface area contributed by atoms with Crippen LogP contribution in [0.15, 0.2) is 44.4 Å². The summed E-state index contributed by atoms with van der Waals surface area (Å²) in [6, 6.07) is 5.10. The van der Waals surface area contributed by atoms with Gasteiger partial charge in [0.1, 0.15) is 11.4 Å². The SMILES string of the molecule is O=C(O)COc1c(Br)cc(/C=N\Nc2ccc(C(F)(F)F)cc2[N+](=O)[O-])cc1Br. The summed E-state index contributed by atoms with van der Waals surface area (Å²) >= 11 is 6.43. The van der Waals surface area contributed by atoms with Gasteiger partial charge in [-0.2, -0.15) is 18.3 Å². The topological polar surface area (TPSA) is 114 Å². The molecule has 0 radical (unpaired) electrons. The quantitative estimate of drug-likeness (QED) is 0.288. The molecule has 2 N–H and O–H groups in total. The van der Waals surface area contributed by atoms with E-state index in [2.05, 4.69) is 42.4 Å². The van der Waals surface area contributed by atoms with E-state index in [-0.39, 0.29) is 11.4 Å². The zero-order valence-electron chi connectivity index (χ0n) is 14.0. The second-order valence-electron chi connectivity index (χ2n) is 5.35. The lowest BCUT2D eigenvalue weighted by atomic mass is 10.1. The Balaban J connectivity index is 2.21. The second kappa shape index (κ2) is 9.22. The number of carbonyl (C=O) groups is 1. The molecule has 29 heavy (non-hydrogen) atoms. The lowest BCUT2D eigenvalue weighted by molar-refractivity contribution is -0.384. The third kappa shape index (κ3) is 6.15. The van der Waals surface area contributed by atoms with Crippen LogP contribution in [-0.4, -0.2) is 28.8 Å². The van der Waals surface area contributed by atoms with E-state index in [1.807, 2.05) is 0 Å². The van der Waals surface area contributed by atoms with E-state index in [1.165, 1.54) is 18.3 Å². The van der Waals surface area contributed by atoms with E-state index in [9.17, 15) is 28.1 Å². The molecule has 0 fully saturated rings. The first-order valence-corrected chi connectivity index (χ1v) is 9.06. The van der Waals surface area contributed by atoms with Gasteiger partial charge in [0.05, 0.1) is 25.6 Å². The first-order valence-electron chi connectivity index (χ1n) is 7.47. The van der Waals surface area contributed by atoms with Crippen LogP contribution in [0.25, 0.3) is 0 Å². The van der Waals surface area contributed by atoms with Gasteiger partial charge in [-0.25, -0.2) is 4.79 Å². The molecular weight excluding hydrogens is 531 g/mol. The van der Waals surface area contributed by atoms with Gasteiger partial charge >= 0.3 is 12.1 Å². The number of anilines is 1. The fourth-order valence-electron chi connectivity index (χ4n) is 2.06. The van der Waals surface area contributed by atoms with Gasteiger partial charge in [0, 0.05) is 6.07 Å². The highest BCUT2D eigenvalue weighted by Crippen LogP contribution is 2.36. The number of benzene rings is 2. The molecule has 0 aliphatic rings. The Morgan fingerprint density at radius 3 is 2.41 bits per heavy atom. The second-order valence-corrected chi connectivity index (χ2v) is 7.06. The van der Waals surface area contributed by atoms with Gasteiger partial charge in [0.15, 0.2) is 6.61 Å². The lowest BCUT2D eigenvalue weighted by Gasteiger charge is -2.09. The molecule has 2 rings (SSSR count). The number of halogens is 5. The molecule has 0 atom stereocenters. The highest BCUT2D eigenvalue weighted by molar-refractivity contribution is 9.11. The molecule has 2 aromatic rings. The first kappa shape index (κ1) is 22.6. The average Bonchev–Trinajstić information content (AvgIpc) is 2.59. The van der Waals surface area contributed by atoms with Gasteiger partial charge in [-0.05, 0) is 61.7 Å². The van der Waals surface area contributed by atoms with Crippen LogP contribution >= 0.6 is 31.9 Å². The number of hydrogen-bond acceptors (Lipinski definition) is 6. The van der Waals surface area contributed by atoms with Crippen LogP contribution in [0.5, 0.6) is 5.75 Å². The Kier molecular flexibility index (Phi) is 7.19. The van der Waals surface area contributed by atoms with Crippen LogP contribution in [-0.2, 0) is 11.0 Å². The molecule has 0 aliphatic heterocycles. The standard InChI is InChI=1S/C16H10Br2F3N3O5/c17-10-3-8(4-11(18)15(10)29-7-14(25)26)6-22-23-12-2-1-9(16(19,20)21)5-13(12)24(27)28/h1-6,23H,7H2,(H,25,26)/b22-6-. The van der Waals surface area contributed by atoms with E-state index in [4.69, 9.17) is 9.84 Å². The van der Waals surface area contributed by atoms with Crippen molar-refractivity contribution >= 4 is 55.4 Å². The van der Waals surface area contributed by atoms with Gasteiger partial charge in [-0.15, -0.1) is 0 Å². The van der Waals surface area contributed by atoms with E-state index in [1.54, 1.807) is 0 Å². The number of carboxylic acids is 1. The van der Waals surface area contributed by atoms with Crippen LogP contribution in [0.4, 0.5) is 24.5 Å². The number of alkyl halides is 3. The third-order valence-electron chi connectivity index (χ3n) is 3.28. The van der Waals surface area contributed by atoms with Crippen LogP contribution in [0.3, 0.4) is 0 Å². The van der Waals surface area contributed by atoms with Crippen LogP contribution in [0.2, 0.25) is 0 Å². The molecule has 0 aromatic heterocycles. The minimum absolute atomic E-state index is 0.223. The highest BCUT2D eigenvalue weighted by Gasteiger charge is 2.33. The number of carboxylic acid groups (broad SMARTS) is 1. The van der Waals surface area contributed by atoms with Gasteiger partial charge in [-0.1, -0.05) is 0 Å². The Hall–Kier alpha value is -2.67. The lowest BCUT2D eigenvalue weighted by Crippen LogP contribution is -2.10. The molecule has 0 spiro atoms. The fraction of sp³-hybridized carbons (Fsp3) is 0.125. The Morgan fingerprint density at radius 2 is 1.90 bits per heavy atom. The minimum atomic E-state index is -4.71. The van der Waals surface area contributed by atoms with Crippen LogP contribution in [0.1, 0.15) is 11.1 Å². The number of nitrogens with zero attached hydrogens (tertiary/aromatic N) is 2. The maximum atomic E-state index is 12.7. The average molecular weight is 541 g/mol. The largest absolute Gasteiger partial charge is 0.480 e.